The minimum Gasteiger partial charge on any atom is -0.382 e. The summed E-state index contributed by atoms with van der Waals surface area (Å²) in [5, 5.41) is 0.365. The number of piperidine rings is 1. The Morgan fingerprint density at radius 1 is 1.22 bits per heavy atom. The van der Waals surface area contributed by atoms with Gasteiger partial charge in [-0.1, -0.05) is 47.6 Å². The first kappa shape index (κ1) is 21.5. The van der Waals surface area contributed by atoms with Crippen LogP contribution in [0.25, 0.3) is 0 Å². The number of carbonyl (C=O) groups excluding carboxylic acids is 1. The Bertz CT molecular complexity index is 1140. The first-order valence-corrected chi connectivity index (χ1v) is 12.1. The number of aliphatic imine (C=N–C) groups is 1. The van der Waals surface area contributed by atoms with Crippen molar-refractivity contribution in [2.75, 3.05) is 18.8 Å². The van der Waals surface area contributed by atoms with E-state index in [1.54, 1.807) is 18.5 Å². The first-order valence-electron chi connectivity index (χ1n) is 10.9. The van der Waals surface area contributed by atoms with E-state index < -0.39 is 0 Å². The van der Waals surface area contributed by atoms with Crippen LogP contribution in [0, 0.1) is 11.3 Å². The number of rotatable bonds is 2. The topological polar surface area (TPSA) is 97.6 Å². The molecule has 2 unspecified atom stereocenters. The van der Waals surface area contributed by atoms with Gasteiger partial charge >= 0.3 is 0 Å². The second-order valence-electron chi connectivity index (χ2n) is 8.88. The Morgan fingerprint density at radius 2 is 1.97 bits per heavy atom. The van der Waals surface area contributed by atoms with Crippen LogP contribution >= 0.6 is 23.4 Å². The number of thioether (sulfide) groups is 1. The highest BCUT2D eigenvalue weighted by Crippen LogP contribution is 2.51. The van der Waals surface area contributed by atoms with Crippen molar-refractivity contribution < 1.29 is 4.79 Å². The quantitative estimate of drug-likeness (QED) is 0.686. The summed E-state index contributed by atoms with van der Waals surface area (Å²) in [6, 6.07) is 10.4. The number of hydrogen-bond acceptors (Lipinski definition) is 7. The number of carbonyl (C=O) groups is 1. The lowest BCUT2D eigenvalue weighted by Gasteiger charge is -2.44. The van der Waals surface area contributed by atoms with E-state index in [1.807, 2.05) is 6.92 Å². The summed E-state index contributed by atoms with van der Waals surface area (Å²) in [7, 11) is 0. The standard InChI is InChI=1S/C24H26ClN5OS/c1-14-20(31)18(32-17-6-9-28-22(27)19(17)25)13-29-23(14)30-10-7-24(8-11-30)12-15-4-2-3-5-16(15)21(24)26/h2-6,9,13-14,21H,7-8,10-12,26H2,1H3,(H2,27,28). The van der Waals surface area contributed by atoms with Crippen LogP contribution in [0.2, 0.25) is 5.02 Å². The van der Waals surface area contributed by atoms with Crippen molar-refractivity contribution in [2.45, 2.75) is 37.1 Å². The predicted molar refractivity (Wildman–Crippen MR) is 130 cm³/mol. The zero-order valence-electron chi connectivity index (χ0n) is 17.9. The second kappa shape index (κ2) is 8.21. The summed E-state index contributed by atoms with van der Waals surface area (Å²) in [5.74, 6) is 0.853. The van der Waals surface area contributed by atoms with E-state index in [4.69, 9.17) is 28.1 Å². The molecule has 8 heteroatoms. The molecule has 5 rings (SSSR count). The van der Waals surface area contributed by atoms with E-state index in [0.717, 1.165) is 38.2 Å². The van der Waals surface area contributed by atoms with Crippen LogP contribution in [-0.4, -0.2) is 34.6 Å². The summed E-state index contributed by atoms with van der Waals surface area (Å²) < 4.78 is 0. The number of aromatic nitrogens is 1. The molecule has 0 radical (unpaired) electrons. The van der Waals surface area contributed by atoms with Gasteiger partial charge in [-0.2, -0.15) is 0 Å². The van der Waals surface area contributed by atoms with E-state index in [1.165, 1.54) is 22.9 Å². The monoisotopic (exact) mass is 467 g/mol. The summed E-state index contributed by atoms with van der Waals surface area (Å²) in [6.07, 6.45) is 6.29. The van der Waals surface area contributed by atoms with E-state index in [0.29, 0.717) is 14.8 Å². The van der Waals surface area contributed by atoms with Gasteiger partial charge in [0.1, 0.15) is 11.7 Å². The highest BCUT2D eigenvalue weighted by molar-refractivity contribution is 8.04. The molecule has 1 aromatic heterocycles. The number of likely N-dealkylation sites (tertiary alicyclic amines) is 1. The normalized spacial score (nSPS) is 24.3. The molecule has 166 valence electrons. The van der Waals surface area contributed by atoms with Crippen molar-refractivity contribution in [3.8, 4) is 0 Å². The number of anilines is 1. The van der Waals surface area contributed by atoms with Gasteiger partial charge in [-0.3, -0.25) is 4.79 Å². The molecule has 0 amide bonds. The number of nitrogen functional groups attached to an aromatic ring is 1. The first-order chi connectivity index (χ1) is 15.4. The molecular weight excluding hydrogens is 442 g/mol. The molecular formula is C24H26ClN5OS. The third-order valence-electron chi connectivity index (χ3n) is 7.11. The van der Waals surface area contributed by atoms with Crippen molar-refractivity contribution in [3.05, 3.63) is 63.8 Å². The highest BCUT2D eigenvalue weighted by atomic mass is 35.5. The number of hydrogen-bond donors (Lipinski definition) is 2. The molecule has 3 heterocycles. The van der Waals surface area contributed by atoms with Crippen LogP contribution in [0.3, 0.4) is 0 Å². The van der Waals surface area contributed by atoms with Gasteiger partial charge in [-0.05, 0) is 48.8 Å². The molecule has 1 fully saturated rings. The van der Waals surface area contributed by atoms with Crippen molar-refractivity contribution in [3.63, 3.8) is 0 Å². The number of Topliss-reactive ketones (excluding diaryl/α,β-unsaturated/α-hetero) is 1. The van der Waals surface area contributed by atoms with Crippen molar-refractivity contribution >= 4 is 40.8 Å². The summed E-state index contributed by atoms with van der Waals surface area (Å²) >= 11 is 7.54. The number of nitrogens with zero attached hydrogens (tertiary/aromatic N) is 3. The van der Waals surface area contributed by atoms with Crippen LogP contribution in [0.5, 0.6) is 0 Å². The van der Waals surface area contributed by atoms with E-state index >= 15 is 0 Å². The fourth-order valence-electron chi connectivity index (χ4n) is 5.19. The van der Waals surface area contributed by atoms with Gasteiger partial charge < -0.3 is 16.4 Å². The summed E-state index contributed by atoms with van der Waals surface area (Å²) in [6.45, 7) is 3.65. The van der Waals surface area contributed by atoms with Crippen molar-refractivity contribution in [1.82, 2.24) is 9.88 Å². The maximum Gasteiger partial charge on any atom is 0.181 e. The zero-order valence-corrected chi connectivity index (χ0v) is 19.5. The molecule has 1 spiro atoms. The SMILES string of the molecule is CC1C(=O)C(Sc2ccnc(N)c2Cl)=CN=C1N1CCC2(CC1)Cc1ccccc1C2N. The number of allylic oxidation sites excluding steroid dienone is 1. The van der Waals surface area contributed by atoms with Crippen LogP contribution in [0.1, 0.15) is 36.9 Å². The lowest BCUT2D eigenvalue weighted by molar-refractivity contribution is -0.116. The van der Waals surface area contributed by atoms with Gasteiger partial charge in [-0.15, -0.1) is 0 Å². The number of amidine groups is 1. The molecule has 2 atom stereocenters. The number of halogens is 1. The Balaban J connectivity index is 1.31. The predicted octanol–water partition coefficient (Wildman–Crippen LogP) is 4.21. The van der Waals surface area contributed by atoms with E-state index in [-0.39, 0.29) is 29.0 Å². The highest BCUT2D eigenvalue weighted by Gasteiger charge is 2.46. The van der Waals surface area contributed by atoms with Crippen molar-refractivity contribution in [1.29, 1.82) is 0 Å². The number of nitrogens with two attached hydrogens (primary N) is 2. The molecule has 6 nitrogen and oxygen atoms in total. The zero-order chi connectivity index (χ0) is 22.5. The van der Waals surface area contributed by atoms with Crippen LogP contribution in [0.15, 0.2) is 57.5 Å². The fourth-order valence-corrected chi connectivity index (χ4v) is 6.36. The van der Waals surface area contributed by atoms with Crippen LogP contribution in [0.4, 0.5) is 5.82 Å². The largest absolute Gasteiger partial charge is 0.382 e. The number of fused-ring (bicyclic) bond motifs is 1. The molecule has 4 N–H and O–H groups in total. The minimum atomic E-state index is -0.302. The van der Waals surface area contributed by atoms with Gasteiger partial charge in [0.15, 0.2) is 5.78 Å². The lowest BCUT2D eigenvalue weighted by atomic mass is 9.73. The molecule has 32 heavy (non-hydrogen) atoms. The maximum atomic E-state index is 13.1. The van der Waals surface area contributed by atoms with Crippen molar-refractivity contribution in [2.24, 2.45) is 22.1 Å². The number of benzene rings is 1. The Kier molecular flexibility index (Phi) is 5.51. The molecule has 3 aliphatic rings. The second-order valence-corrected chi connectivity index (χ2v) is 10.3. The molecule has 1 saturated heterocycles. The van der Waals surface area contributed by atoms with E-state index in [9.17, 15) is 4.79 Å². The number of pyridine rings is 1. The van der Waals surface area contributed by atoms with E-state index in [2.05, 4.69) is 34.1 Å². The van der Waals surface area contributed by atoms with Gasteiger partial charge in [0.05, 0.1) is 15.8 Å². The average Bonchev–Trinajstić information content (AvgIpc) is 3.07. The van der Waals surface area contributed by atoms with Gasteiger partial charge in [0, 0.05) is 36.4 Å². The average molecular weight is 468 g/mol. The van der Waals surface area contributed by atoms with Gasteiger partial charge in [0.25, 0.3) is 0 Å². The Morgan fingerprint density at radius 3 is 2.72 bits per heavy atom. The summed E-state index contributed by atoms with van der Waals surface area (Å²) in [4.78, 5) is 25.3. The smallest absolute Gasteiger partial charge is 0.181 e. The summed E-state index contributed by atoms with van der Waals surface area (Å²) in [5.41, 5.74) is 15.3. The number of ketones is 1. The lowest BCUT2D eigenvalue weighted by Crippen LogP contribution is -2.49. The molecule has 2 aliphatic heterocycles. The Labute approximate surface area is 197 Å². The van der Waals surface area contributed by atoms with Crippen LogP contribution < -0.4 is 11.5 Å². The molecule has 0 bridgehead atoms. The third kappa shape index (κ3) is 3.52. The molecule has 2 aromatic rings. The fraction of sp³-hybridized carbons (Fsp3) is 0.375. The molecule has 1 aliphatic carbocycles. The van der Waals surface area contributed by atoms with Gasteiger partial charge in [-0.25, -0.2) is 9.98 Å². The van der Waals surface area contributed by atoms with Crippen LogP contribution in [-0.2, 0) is 11.2 Å². The molecule has 1 aromatic carbocycles. The third-order valence-corrected chi connectivity index (χ3v) is 8.71. The minimum absolute atomic E-state index is 0.0525. The maximum absolute atomic E-state index is 13.1. The Hall–Kier alpha value is -2.35. The molecule has 0 saturated carbocycles. The van der Waals surface area contributed by atoms with Gasteiger partial charge in [0.2, 0.25) is 0 Å².